The number of rotatable bonds is 6. The van der Waals surface area contributed by atoms with E-state index in [1.807, 2.05) is 47.7 Å². The van der Waals surface area contributed by atoms with Gasteiger partial charge in [-0.05, 0) is 35.9 Å². The van der Waals surface area contributed by atoms with Crippen LogP contribution in [0.5, 0.6) is 0 Å². The maximum atomic E-state index is 5.59. The van der Waals surface area contributed by atoms with Crippen LogP contribution >= 0.6 is 11.3 Å². The van der Waals surface area contributed by atoms with Crippen molar-refractivity contribution in [2.45, 2.75) is 0 Å². The van der Waals surface area contributed by atoms with E-state index in [1.165, 1.54) is 41.7 Å². The number of nitrogens with zero attached hydrogens (tertiary/aromatic N) is 5. The Labute approximate surface area is 366 Å². The van der Waals surface area contributed by atoms with Gasteiger partial charge in [0.1, 0.15) is 0 Å². The number of hydrogen-bond acceptors (Lipinski definition) is 4. The van der Waals surface area contributed by atoms with Crippen LogP contribution in [0.3, 0.4) is 0 Å². The van der Waals surface area contributed by atoms with Gasteiger partial charge in [0.2, 0.25) is 0 Å². The van der Waals surface area contributed by atoms with Gasteiger partial charge in [0, 0.05) is 53.7 Å². The minimum Gasteiger partial charge on any atom is -0.306 e. The molecule has 0 spiro atoms. The summed E-state index contributed by atoms with van der Waals surface area (Å²) in [6, 6.07) is 75.5. The van der Waals surface area contributed by atoms with E-state index in [4.69, 9.17) is 15.0 Å². The Balaban J connectivity index is 1.35. The topological polar surface area (TPSA) is 48.5 Å². The molecule has 13 aromatic rings. The highest BCUT2D eigenvalue weighted by Gasteiger charge is 2.32. The molecule has 0 aliphatic rings. The summed E-state index contributed by atoms with van der Waals surface area (Å²) in [6.45, 7) is 0. The Morgan fingerprint density at radius 2 is 0.667 bits per heavy atom. The third-order valence-corrected chi connectivity index (χ3v) is 13.5. The van der Waals surface area contributed by atoms with Crippen LogP contribution in [-0.2, 0) is 0 Å². The van der Waals surface area contributed by atoms with Crippen molar-refractivity contribution in [3.63, 3.8) is 0 Å². The zero-order chi connectivity index (χ0) is 41.4. The molecular weight excluding hydrogens is 787 g/mol. The molecule has 0 aliphatic carbocycles. The van der Waals surface area contributed by atoms with Gasteiger partial charge in [-0.3, -0.25) is 0 Å². The van der Waals surface area contributed by atoms with Crippen molar-refractivity contribution in [1.82, 2.24) is 24.1 Å². The highest BCUT2D eigenvalue weighted by Crippen LogP contribution is 2.53. The first-order valence-electron chi connectivity index (χ1n) is 21.2. The fourth-order valence-corrected chi connectivity index (χ4v) is 11.0. The van der Waals surface area contributed by atoms with E-state index >= 15 is 0 Å². The maximum Gasteiger partial charge on any atom is 0.166 e. The van der Waals surface area contributed by atoms with Crippen molar-refractivity contribution < 1.29 is 0 Å². The molecule has 0 saturated carbocycles. The van der Waals surface area contributed by atoms with Gasteiger partial charge in [-0.1, -0.05) is 182 Å². The zero-order valence-electron chi connectivity index (χ0n) is 33.9. The predicted molar refractivity (Wildman–Crippen MR) is 263 cm³/mol. The van der Waals surface area contributed by atoms with E-state index in [9.17, 15) is 0 Å². The molecule has 0 radical (unpaired) electrons. The second kappa shape index (κ2) is 14.2. The second-order valence-corrected chi connectivity index (χ2v) is 16.9. The van der Waals surface area contributed by atoms with Crippen LogP contribution in [0.15, 0.2) is 212 Å². The molecule has 294 valence electrons. The summed E-state index contributed by atoms with van der Waals surface area (Å²) in [5.41, 5.74) is 11.5. The predicted octanol–water partition coefficient (Wildman–Crippen LogP) is 15.1. The average Bonchev–Trinajstić information content (AvgIpc) is 4.02. The second-order valence-electron chi connectivity index (χ2n) is 15.9. The molecule has 5 nitrogen and oxygen atoms in total. The van der Waals surface area contributed by atoms with Gasteiger partial charge < -0.3 is 9.13 Å². The lowest BCUT2D eigenvalue weighted by molar-refractivity contribution is 1.06. The third-order valence-electron chi connectivity index (χ3n) is 12.4. The molecule has 13 rings (SSSR count). The summed E-state index contributed by atoms with van der Waals surface area (Å²) in [5.74, 6) is 1.82. The number of para-hydroxylation sites is 4. The van der Waals surface area contributed by atoms with Gasteiger partial charge in [-0.15, -0.1) is 11.3 Å². The quantitative estimate of drug-likeness (QED) is 0.168. The van der Waals surface area contributed by atoms with Gasteiger partial charge in [0.15, 0.2) is 17.5 Å². The first-order valence-corrected chi connectivity index (χ1v) is 22.0. The van der Waals surface area contributed by atoms with Crippen LogP contribution in [0.1, 0.15) is 0 Å². The van der Waals surface area contributed by atoms with Crippen molar-refractivity contribution in [2.24, 2.45) is 0 Å². The highest BCUT2D eigenvalue weighted by molar-refractivity contribution is 7.26. The van der Waals surface area contributed by atoms with E-state index in [-0.39, 0.29) is 0 Å². The summed E-state index contributed by atoms with van der Waals surface area (Å²) >= 11 is 1.85. The molecule has 63 heavy (non-hydrogen) atoms. The van der Waals surface area contributed by atoms with Crippen LogP contribution < -0.4 is 0 Å². The maximum absolute atomic E-state index is 5.59. The Kier molecular flexibility index (Phi) is 8.01. The van der Waals surface area contributed by atoms with Crippen molar-refractivity contribution >= 4 is 75.1 Å². The van der Waals surface area contributed by atoms with Gasteiger partial charge in [0.25, 0.3) is 0 Å². The number of thiophene rings is 1. The molecule has 4 aromatic heterocycles. The number of fused-ring (bicyclic) bond motifs is 9. The fourth-order valence-electron chi connectivity index (χ4n) is 9.71. The van der Waals surface area contributed by atoms with E-state index < -0.39 is 0 Å². The monoisotopic (exact) mass is 821 g/mol. The van der Waals surface area contributed by atoms with Gasteiger partial charge in [-0.2, -0.15) is 0 Å². The Morgan fingerprint density at radius 1 is 0.302 bits per heavy atom. The average molecular weight is 822 g/mol. The highest BCUT2D eigenvalue weighted by atomic mass is 32.1. The summed E-state index contributed by atoms with van der Waals surface area (Å²) in [6.07, 6.45) is 0. The lowest BCUT2D eigenvalue weighted by Crippen LogP contribution is -2.10. The SMILES string of the molecule is c1ccc(-c2nc(-c3ccccc3)nc(-c3c(-n4c5ccccc5c5ccccc54)c(-n4c5ccccc5c5ccccc54)c4sc5ccccc5c4c3-c3ccccc3)n2)cc1. The lowest BCUT2D eigenvalue weighted by Gasteiger charge is -2.25. The fraction of sp³-hybridized carbons (Fsp3) is 0. The summed E-state index contributed by atoms with van der Waals surface area (Å²) in [5, 5.41) is 7.10. The Bertz CT molecular complexity index is 3740. The largest absolute Gasteiger partial charge is 0.306 e. The lowest BCUT2D eigenvalue weighted by atomic mass is 9.91. The van der Waals surface area contributed by atoms with Crippen LogP contribution in [0, 0.1) is 0 Å². The summed E-state index contributed by atoms with van der Waals surface area (Å²) in [7, 11) is 0. The molecule has 0 amide bonds. The van der Waals surface area contributed by atoms with Crippen molar-refractivity contribution in [3.05, 3.63) is 212 Å². The molecule has 6 heteroatoms. The molecule has 0 fully saturated rings. The normalized spacial score (nSPS) is 11.8. The molecule has 9 aromatic carbocycles. The van der Waals surface area contributed by atoms with Crippen molar-refractivity contribution in [2.75, 3.05) is 0 Å². The van der Waals surface area contributed by atoms with Crippen LogP contribution in [0.25, 0.3) is 120 Å². The summed E-state index contributed by atoms with van der Waals surface area (Å²) < 4.78 is 7.39. The third kappa shape index (κ3) is 5.45. The van der Waals surface area contributed by atoms with E-state index in [0.29, 0.717) is 17.5 Å². The number of aromatic nitrogens is 5. The molecule has 4 heterocycles. The molecule has 0 saturated heterocycles. The Hall–Kier alpha value is -8.19. The molecule has 0 bridgehead atoms. The number of benzene rings is 9. The minimum absolute atomic E-state index is 0.595. The molecular formula is C57H35N5S. The minimum atomic E-state index is 0.595. The Morgan fingerprint density at radius 3 is 1.14 bits per heavy atom. The van der Waals surface area contributed by atoms with Crippen LogP contribution in [0.2, 0.25) is 0 Å². The van der Waals surface area contributed by atoms with Crippen molar-refractivity contribution in [3.8, 4) is 56.7 Å². The molecule has 0 aliphatic heterocycles. The molecule has 0 N–H and O–H groups in total. The molecule has 0 atom stereocenters. The van der Waals surface area contributed by atoms with Crippen LogP contribution in [0.4, 0.5) is 0 Å². The molecule has 0 unspecified atom stereocenters. The smallest absolute Gasteiger partial charge is 0.166 e. The van der Waals surface area contributed by atoms with E-state index in [2.05, 4.69) is 185 Å². The first-order chi connectivity index (χ1) is 31.3. The van der Waals surface area contributed by atoms with Gasteiger partial charge in [0.05, 0.1) is 43.7 Å². The van der Waals surface area contributed by atoms with Gasteiger partial charge >= 0.3 is 0 Å². The standard InChI is InChI=1S/C57H35N5S/c1-4-20-36(21-5-1)49-50-43-30-14-19-35-48(43)63-54(50)53(62-46-33-17-12-28-41(46)42-29-13-18-34-47(42)62)52(61-44-31-15-10-26-39(44)40-27-11-16-32-45(40)61)51(49)57-59-55(37-22-6-2-7-23-37)58-56(60-57)38-24-8-3-9-25-38/h1-35H. The van der Waals surface area contributed by atoms with Gasteiger partial charge in [-0.25, -0.2) is 15.0 Å². The first kappa shape index (κ1) is 35.6. The van der Waals surface area contributed by atoms with E-state index in [0.717, 1.165) is 61.3 Å². The zero-order valence-corrected chi connectivity index (χ0v) is 34.7. The van der Waals surface area contributed by atoms with E-state index in [1.54, 1.807) is 0 Å². The summed E-state index contributed by atoms with van der Waals surface area (Å²) in [4.78, 5) is 16.4. The van der Waals surface area contributed by atoms with Crippen molar-refractivity contribution in [1.29, 1.82) is 0 Å². The number of hydrogen-bond donors (Lipinski definition) is 0. The van der Waals surface area contributed by atoms with Crippen LogP contribution in [-0.4, -0.2) is 24.1 Å².